The average Bonchev–Trinajstić information content (AvgIpc) is 3.19. The van der Waals surface area contributed by atoms with Crippen LogP contribution in [0.2, 0.25) is 0 Å². The minimum absolute atomic E-state index is 0.0740. The Hall–Kier alpha value is -1.92. The number of carbonyl (C=O) groups excluding carboxylic acids is 1. The summed E-state index contributed by atoms with van der Waals surface area (Å²) in [6.45, 7) is 0.0740. The van der Waals surface area contributed by atoms with Gasteiger partial charge < -0.3 is 15.2 Å². The summed E-state index contributed by atoms with van der Waals surface area (Å²) in [5.41, 5.74) is -0.462. The lowest BCUT2D eigenvalue weighted by Gasteiger charge is -2.19. The van der Waals surface area contributed by atoms with E-state index in [0.717, 1.165) is 5.56 Å². The first-order valence-corrected chi connectivity index (χ1v) is 5.98. The third-order valence-electron chi connectivity index (χ3n) is 3.03. The highest BCUT2D eigenvalue weighted by molar-refractivity contribution is 5.85. The van der Waals surface area contributed by atoms with Crippen molar-refractivity contribution in [2.45, 2.75) is 18.2 Å². The van der Waals surface area contributed by atoms with E-state index in [1.807, 2.05) is 30.3 Å². The topological polar surface area (TPSA) is 91.0 Å². The van der Waals surface area contributed by atoms with Crippen molar-refractivity contribution in [1.82, 2.24) is 10.6 Å². The van der Waals surface area contributed by atoms with Gasteiger partial charge in [-0.3, -0.25) is 10.1 Å². The van der Waals surface area contributed by atoms with Crippen molar-refractivity contribution in [3.05, 3.63) is 35.9 Å². The molecule has 1 aliphatic rings. The minimum Gasteiger partial charge on any atom is -0.478 e. The van der Waals surface area contributed by atoms with Gasteiger partial charge >= 0.3 is 5.97 Å². The Morgan fingerprint density at radius 1 is 1.42 bits per heavy atom. The van der Waals surface area contributed by atoms with Crippen LogP contribution in [-0.2, 0) is 20.7 Å². The van der Waals surface area contributed by atoms with E-state index in [0.29, 0.717) is 6.42 Å². The van der Waals surface area contributed by atoms with Crippen LogP contribution < -0.4 is 10.6 Å². The number of nitrogens with one attached hydrogen (secondary N) is 2. The number of benzene rings is 1. The molecule has 3 N–H and O–H groups in total. The van der Waals surface area contributed by atoms with E-state index in [1.54, 1.807) is 0 Å². The fourth-order valence-electron chi connectivity index (χ4n) is 1.86. The lowest BCUT2D eigenvalue weighted by molar-refractivity contribution is -0.145. The summed E-state index contributed by atoms with van der Waals surface area (Å²) >= 11 is 0. The van der Waals surface area contributed by atoms with Gasteiger partial charge in [-0.05, 0) is 12.0 Å². The highest BCUT2D eigenvalue weighted by atomic mass is 16.6. The van der Waals surface area contributed by atoms with Gasteiger partial charge in [0, 0.05) is 7.05 Å². The van der Waals surface area contributed by atoms with Crippen molar-refractivity contribution in [3.63, 3.8) is 0 Å². The molecule has 0 aliphatic carbocycles. The summed E-state index contributed by atoms with van der Waals surface area (Å²) < 4.78 is 4.93. The van der Waals surface area contributed by atoms with Gasteiger partial charge in [0.1, 0.15) is 6.61 Å². The third kappa shape index (κ3) is 3.10. The first-order valence-electron chi connectivity index (χ1n) is 5.98. The molecule has 0 spiro atoms. The van der Waals surface area contributed by atoms with Crippen molar-refractivity contribution in [2.75, 3.05) is 13.7 Å². The molecular weight excluding hydrogens is 248 g/mol. The Balaban J connectivity index is 2.09. The van der Waals surface area contributed by atoms with Gasteiger partial charge in [-0.1, -0.05) is 30.3 Å². The Labute approximate surface area is 110 Å². The third-order valence-corrected chi connectivity index (χ3v) is 3.03. The summed E-state index contributed by atoms with van der Waals surface area (Å²) in [4.78, 5) is 22.9. The van der Waals surface area contributed by atoms with Gasteiger partial charge in [0.2, 0.25) is 11.6 Å². The van der Waals surface area contributed by atoms with Crippen molar-refractivity contribution in [2.24, 2.45) is 0 Å². The van der Waals surface area contributed by atoms with Crippen molar-refractivity contribution in [1.29, 1.82) is 0 Å². The van der Waals surface area contributed by atoms with Crippen molar-refractivity contribution in [3.8, 4) is 0 Å². The van der Waals surface area contributed by atoms with E-state index < -0.39 is 17.7 Å². The highest BCUT2D eigenvalue weighted by Crippen LogP contribution is 2.25. The number of epoxide rings is 1. The number of aliphatic carboxylic acids is 1. The van der Waals surface area contributed by atoms with Crippen LogP contribution in [0.3, 0.4) is 0 Å². The average molecular weight is 264 g/mol. The molecule has 0 radical (unpaired) electrons. The monoisotopic (exact) mass is 264 g/mol. The maximum atomic E-state index is 11.8. The number of likely N-dealkylation sites (N-methyl/N-ethyl adjacent to an activating group) is 1. The molecule has 1 unspecified atom stereocenters. The van der Waals surface area contributed by atoms with Gasteiger partial charge in [-0.2, -0.15) is 0 Å². The molecule has 1 fully saturated rings. The van der Waals surface area contributed by atoms with E-state index in [9.17, 15) is 9.59 Å². The molecule has 1 heterocycles. The number of hydrogen-bond donors (Lipinski definition) is 3. The molecule has 1 aliphatic heterocycles. The van der Waals surface area contributed by atoms with Crippen LogP contribution in [-0.4, -0.2) is 42.4 Å². The van der Waals surface area contributed by atoms with E-state index >= 15 is 0 Å². The van der Waals surface area contributed by atoms with Gasteiger partial charge in [-0.25, -0.2) is 4.79 Å². The molecule has 2 atom stereocenters. The van der Waals surface area contributed by atoms with Crippen molar-refractivity contribution < 1.29 is 19.4 Å². The Bertz CT molecular complexity index is 471. The summed E-state index contributed by atoms with van der Waals surface area (Å²) in [5.74, 6) is -1.37. The summed E-state index contributed by atoms with van der Waals surface area (Å²) in [6.07, 6.45) is 0.402. The second-order valence-electron chi connectivity index (χ2n) is 4.42. The van der Waals surface area contributed by atoms with E-state index in [4.69, 9.17) is 9.84 Å². The maximum Gasteiger partial charge on any atom is 0.354 e. The Morgan fingerprint density at radius 3 is 2.53 bits per heavy atom. The van der Waals surface area contributed by atoms with Crippen LogP contribution in [0.4, 0.5) is 0 Å². The van der Waals surface area contributed by atoms with E-state index in [2.05, 4.69) is 10.6 Å². The largest absolute Gasteiger partial charge is 0.478 e. The number of carboxylic acids is 1. The molecule has 1 aromatic rings. The van der Waals surface area contributed by atoms with Crippen LogP contribution in [0.25, 0.3) is 0 Å². The predicted octanol–water partition coefficient (Wildman–Crippen LogP) is -0.256. The second-order valence-corrected chi connectivity index (χ2v) is 4.42. The predicted molar refractivity (Wildman–Crippen MR) is 67.5 cm³/mol. The normalized spacial score (nSPS) is 22.6. The summed E-state index contributed by atoms with van der Waals surface area (Å²) in [5, 5.41) is 14.3. The minimum atomic E-state index is -1.41. The lowest BCUT2D eigenvalue weighted by Crippen LogP contribution is -2.53. The van der Waals surface area contributed by atoms with E-state index in [1.165, 1.54) is 7.05 Å². The Kier molecular flexibility index (Phi) is 3.82. The van der Waals surface area contributed by atoms with Crippen LogP contribution >= 0.6 is 0 Å². The first-order chi connectivity index (χ1) is 9.07. The number of ether oxygens (including phenoxy) is 1. The molecule has 2 rings (SSSR count). The number of carbonyl (C=O) groups is 2. The fourth-order valence-corrected chi connectivity index (χ4v) is 1.86. The number of rotatable bonds is 6. The van der Waals surface area contributed by atoms with Crippen LogP contribution in [0.5, 0.6) is 0 Å². The molecule has 1 saturated heterocycles. The van der Waals surface area contributed by atoms with Crippen molar-refractivity contribution >= 4 is 11.9 Å². The Morgan fingerprint density at radius 2 is 2.05 bits per heavy atom. The van der Waals surface area contributed by atoms with E-state index in [-0.39, 0.29) is 12.5 Å². The number of carboxylic acid groups (broad SMARTS) is 1. The molecule has 0 saturated carbocycles. The number of amides is 1. The summed E-state index contributed by atoms with van der Waals surface area (Å²) in [6, 6.07) is 8.76. The maximum absolute atomic E-state index is 11.8. The molecule has 0 aromatic heterocycles. The fraction of sp³-hybridized carbons (Fsp3) is 0.385. The zero-order chi connectivity index (χ0) is 13.9. The molecule has 1 amide bonds. The zero-order valence-electron chi connectivity index (χ0n) is 10.6. The molecular formula is C13H16N2O4. The van der Waals surface area contributed by atoms with Gasteiger partial charge in [-0.15, -0.1) is 0 Å². The highest BCUT2D eigenvalue weighted by Gasteiger charge is 2.54. The number of hydrogen-bond acceptors (Lipinski definition) is 4. The van der Waals surface area contributed by atoms with Gasteiger partial charge in [0.05, 0.1) is 6.04 Å². The standard InChI is InChI=1S/C13H16N2O4/c1-14-11(16)10(7-9-5-3-2-4-6-9)15-13(8-19-13)12(17)18/h2-6,10,15H,7-8H2,1H3,(H,14,16)(H,17,18)/t10-,13?/m0/s1. The molecule has 19 heavy (non-hydrogen) atoms. The molecule has 102 valence electrons. The van der Waals surface area contributed by atoms with Crippen LogP contribution in [0.1, 0.15) is 5.56 Å². The van der Waals surface area contributed by atoms with Crippen LogP contribution in [0.15, 0.2) is 30.3 Å². The zero-order valence-corrected chi connectivity index (χ0v) is 10.6. The molecule has 6 heteroatoms. The van der Waals surface area contributed by atoms with Gasteiger partial charge in [0.15, 0.2) is 0 Å². The van der Waals surface area contributed by atoms with Crippen LogP contribution in [0, 0.1) is 0 Å². The summed E-state index contributed by atoms with van der Waals surface area (Å²) in [7, 11) is 1.52. The molecule has 0 bridgehead atoms. The molecule has 6 nitrogen and oxygen atoms in total. The SMILES string of the molecule is CNC(=O)[C@H](Cc1ccccc1)NC1(C(=O)O)CO1. The quantitative estimate of drug-likeness (QED) is 0.616. The lowest BCUT2D eigenvalue weighted by atomic mass is 10.0. The smallest absolute Gasteiger partial charge is 0.354 e. The van der Waals surface area contributed by atoms with Gasteiger partial charge in [0.25, 0.3) is 0 Å². The first kappa shape index (κ1) is 13.5. The second kappa shape index (κ2) is 5.38. The molecule has 1 aromatic carbocycles.